The Bertz CT molecular complexity index is 1260. The molecule has 4 rings (SSSR count). The van der Waals surface area contributed by atoms with E-state index in [9.17, 15) is 9.59 Å². The van der Waals surface area contributed by atoms with Gasteiger partial charge in [0.1, 0.15) is 5.75 Å². The molecule has 4 aromatic rings. The number of hydrogen-bond acceptors (Lipinski definition) is 5. The van der Waals surface area contributed by atoms with Crippen molar-refractivity contribution in [2.75, 3.05) is 14.2 Å². The van der Waals surface area contributed by atoms with E-state index >= 15 is 0 Å². The molecule has 0 saturated heterocycles. The molecule has 1 aromatic heterocycles. The van der Waals surface area contributed by atoms with Gasteiger partial charge in [-0.3, -0.25) is 4.79 Å². The van der Waals surface area contributed by atoms with Gasteiger partial charge in [0.15, 0.2) is 6.04 Å². The monoisotopic (exact) mass is 426 g/mol. The molecule has 0 fully saturated rings. The number of methoxy groups -OCH3 is 2. The highest BCUT2D eigenvalue weighted by atomic mass is 16.5. The highest BCUT2D eigenvalue weighted by molar-refractivity contribution is 6.08. The number of carbonyl (C=O) groups excluding carboxylic acids is 2. The van der Waals surface area contributed by atoms with E-state index in [0.29, 0.717) is 33.5 Å². The molecule has 1 atom stereocenters. The number of benzene rings is 3. The van der Waals surface area contributed by atoms with E-state index in [0.717, 1.165) is 5.56 Å². The van der Waals surface area contributed by atoms with Gasteiger partial charge in [-0.15, -0.1) is 0 Å². The maximum absolute atomic E-state index is 13.4. The van der Waals surface area contributed by atoms with Crippen molar-refractivity contribution >= 4 is 22.8 Å². The molecule has 160 valence electrons. The summed E-state index contributed by atoms with van der Waals surface area (Å²) in [5.74, 6) is -0.315. The highest BCUT2D eigenvalue weighted by Crippen LogP contribution is 2.28. The zero-order chi connectivity index (χ0) is 22.5. The zero-order valence-electron chi connectivity index (χ0n) is 17.7. The average molecular weight is 426 g/mol. The molecule has 1 heterocycles. The van der Waals surface area contributed by atoms with Gasteiger partial charge in [-0.25, -0.2) is 9.78 Å². The van der Waals surface area contributed by atoms with Crippen LogP contribution in [0.2, 0.25) is 0 Å². The lowest BCUT2D eigenvalue weighted by atomic mass is 10.0. The van der Waals surface area contributed by atoms with Gasteiger partial charge >= 0.3 is 5.97 Å². The largest absolute Gasteiger partial charge is 0.497 e. The predicted molar refractivity (Wildman–Crippen MR) is 122 cm³/mol. The molecule has 0 radical (unpaired) electrons. The van der Waals surface area contributed by atoms with E-state index in [4.69, 9.17) is 14.5 Å². The minimum atomic E-state index is -0.935. The molecule has 6 heteroatoms. The molecule has 0 aliphatic carbocycles. The van der Waals surface area contributed by atoms with Crippen LogP contribution in [0.3, 0.4) is 0 Å². The van der Waals surface area contributed by atoms with Gasteiger partial charge in [0.25, 0.3) is 5.91 Å². The van der Waals surface area contributed by atoms with E-state index in [1.165, 1.54) is 7.11 Å². The van der Waals surface area contributed by atoms with Crippen LogP contribution < -0.4 is 10.1 Å². The Morgan fingerprint density at radius 1 is 0.875 bits per heavy atom. The Labute approximate surface area is 185 Å². The summed E-state index contributed by atoms with van der Waals surface area (Å²) in [5.41, 5.74) is 3.17. The van der Waals surface area contributed by atoms with E-state index in [1.807, 2.05) is 36.4 Å². The van der Waals surface area contributed by atoms with Gasteiger partial charge in [0.05, 0.1) is 31.0 Å². The third-order valence-corrected chi connectivity index (χ3v) is 5.18. The van der Waals surface area contributed by atoms with Crippen molar-refractivity contribution in [3.8, 4) is 17.0 Å². The minimum Gasteiger partial charge on any atom is -0.497 e. The molecule has 0 aliphatic heterocycles. The Morgan fingerprint density at radius 2 is 1.56 bits per heavy atom. The number of pyridine rings is 1. The number of ether oxygens (including phenoxy) is 2. The molecule has 0 spiro atoms. The topological polar surface area (TPSA) is 77.5 Å². The second kappa shape index (κ2) is 9.31. The summed E-state index contributed by atoms with van der Waals surface area (Å²) in [6, 6.07) is 24.7. The molecule has 32 heavy (non-hydrogen) atoms. The molecular formula is C26H22N2O4. The van der Waals surface area contributed by atoms with Gasteiger partial charge in [-0.1, -0.05) is 60.7 Å². The van der Waals surface area contributed by atoms with Crippen molar-refractivity contribution in [1.29, 1.82) is 0 Å². The first-order valence-corrected chi connectivity index (χ1v) is 10.1. The highest BCUT2D eigenvalue weighted by Gasteiger charge is 2.25. The summed E-state index contributed by atoms with van der Waals surface area (Å²) in [7, 11) is 2.88. The van der Waals surface area contributed by atoms with Crippen molar-refractivity contribution in [3.63, 3.8) is 0 Å². The normalized spacial score (nSPS) is 11.6. The number of esters is 1. The van der Waals surface area contributed by atoms with Crippen LogP contribution in [-0.4, -0.2) is 31.1 Å². The summed E-state index contributed by atoms with van der Waals surface area (Å²) in [6.45, 7) is 0. The molecule has 0 saturated carbocycles. The van der Waals surface area contributed by atoms with Gasteiger partial charge in [0, 0.05) is 17.0 Å². The Balaban J connectivity index is 1.81. The number of rotatable bonds is 6. The van der Waals surface area contributed by atoms with Gasteiger partial charge in [-0.05, 0) is 23.8 Å². The maximum atomic E-state index is 13.4. The number of aromatic nitrogens is 1. The fraction of sp³-hybridized carbons (Fsp3) is 0.115. The summed E-state index contributed by atoms with van der Waals surface area (Å²) >= 11 is 0. The van der Waals surface area contributed by atoms with E-state index in [-0.39, 0.29) is 0 Å². The van der Waals surface area contributed by atoms with E-state index < -0.39 is 17.9 Å². The molecular weight excluding hydrogens is 404 g/mol. The second-order valence-electron chi connectivity index (χ2n) is 7.14. The quantitative estimate of drug-likeness (QED) is 0.458. The number of nitrogens with one attached hydrogen (secondary N) is 1. The fourth-order valence-corrected chi connectivity index (χ4v) is 3.53. The summed E-state index contributed by atoms with van der Waals surface area (Å²) in [6.07, 6.45) is 0. The van der Waals surface area contributed by atoms with Crippen LogP contribution >= 0.6 is 0 Å². The van der Waals surface area contributed by atoms with Crippen molar-refractivity contribution in [3.05, 3.63) is 96.1 Å². The standard InChI is InChI=1S/C26H22N2O4/c1-31-19-13-14-20-21(16-22(27-23(20)15-19)17-9-5-3-6-10-17)25(29)28-24(26(30)32-2)18-11-7-4-8-12-18/h3-16,24H,1-2H3,(H,28,29)/t24-/m1/s1. The number of nitrogens with zero attached hydrogens (tertiary/aromatic N) is 1. The number of carbonyl (C=O) groups is 2. The maximum Gasteiger partial charge on any atom is 0.333 e. The SMILES string of the molecule is COC(=O)[C@H](NC(=O)c1cc(-c2ccccc2)nc2cc(OC)ccc12)c1ccccc1. The van der Waals surface area contributed by atoms with Crippen LogP contribution in [0.4, 0.5) is 0 Å². The first kappa shape index (κ1) is 21.1. The third-order valence-electron chi connectivity index (χ3n) is 5.18. The molecule has 1 amide bonds. The molecule has 0 unspecified atom stereocenters. The lowest BCUT2D eigenvalue weighted by Crippen LogP contribution is -2.34. The predicted octanol–water partition coefficient (Wildman–Crippen LogP) is 4.55. The lowest BCUT2D eigenvalue weighted by Gasteiger charge is -2.18. The van der Waals surface area contributed by atoms with Crippen molar-refractivity contribution < 1.29 is 19.1 Å². The molecule has 3 aromatic carbocycles. The number of fused-ring (bicyclic) bond motifs is 1. The van der Waals surface area contributed by atoms with Crippen LogP contribution in [0.1, 0.15) is 22.0 Å². The Morgan fingerprint density at radius 3 is 2.22 bits per heavy atom. The Hall–Kier alpha value is -4.19. The molecule has 0 aliphatic rings. The van der Waals surface area contributed by atoms with E-state index in [2.05, 4.69) is 5.32 Å². The number of hydrogen-bond donors (Lipinski definition) is 1. The van der Waals surface area contributed by atoms with Crippen LogP contribution in [0.15, 0.2) is 84.9 Å². The summed E-state index contributed by atoms with van der Waals surface area (Å²) < 4.78 is 10.3. The summed E-state index contributed by atoms with van der Waals surface area (Å²) in [5, 5.41) is 3.48. The van der Waals surface area contributed by atoms with Crippen molar-refractivity contribution in [2.45, 2.75) is 6.04 Å². The lowest BCUT2D eigenvalue weighted by molar-refractivity contribution is -0.143. The second-order valence-corrected chi connectivity index (χ2v) is 7.14. The molecule has 6 nitrogen and oxygen atoms in total. The van der Waals surface area contributed by atoms with E-state index in [1.54, 1.807) is 55.6 Å². The summed E-state index contributed by atoms with van der Waals surface area (Å²) in [4.78, 5) is 30.6. The zero-order valence-corrected chi connectivity index (χ0v) is 17.7. The Kier molecular flexibility index (Phi) is 6.12. The van der Waals surface area contributed by atoms with Gasteiger partial charge in [-0.2, -0.15) is 0 Å². The van der Waals surface area contributed by atoms with Crippen LogP contribution in [0.25, 0.3) is 22.2 Å². The smallest absolute Gasteiger partial charge is 0.333 e. The molecule has 1 N–H and O–H groups in total. The van der Waals surface area contributed by atoms with Gasteiger partial charge in [0.2, 0.25) is 0 Å². The van der Waals surface area contributed by atoms with Crippen LogP contribution in [0.5, 0.6) is 5.75 Å². The van der Waals surface area contributed by atoms with Gasteiger partial charge < -0.3 is 14.8 Å². The van der Waals surface area contributed by atoms with Crippen molar-refractivity contribution in [1.82, 2.24) is 10.3 Å². The third kappa shape index (κ3) is 4.30. The fourth-order valence-electron chi connectivity index (χ4n) is 3.53. The average Bonchev–Trinajstić information content (AvgIpc) is 2.86. The van der Waals surface area contributed by atoms with Crippen LogP contribution in [0, 0.1) is 0 Å². The first-order chi connectivity index (χ1) is 15.6. The minimum absolute atomic E-state index is 0.404. The first-order valence-electron chi connectivity index (χ1n) is 10.1. The molecule has 0 bridgehead atoms. The van der Waals surface area contributed by atoms with Crippen molar-refractivity contribution in [2.24, 2.45) is 0 Å². The van der Waals surface area contributed by atoms with Crippen LogP contribution in [-0.2, 0) is 9.53 Å². The number of amides is 1.